The van der Waals surface area contributed by atoms with Crippen molar-refractivity contribution in [3.63, 3.8) is 0 Å². The van der Waals surface area contributed by atoms with Gasteiger partial charge < -0.3 is 5.32 Å². The van der Waals surface area contributed by atoms with Gasteiger partial charge in [0, 0.05) is 11.9 Å². The van der Waals surface area contributed by atoms with Crippen LogP contribution in [-0.4, -0.2) is 32.0 Å². The van der Waals surface area contributed by atoms with Gasteiger partial charge in [-0.15, -0.1) is 0 Å². The normalized spacial score (nSPS) is 12.1. The Morgan fingerprint density at radius 3 is 2.54 bits per heavy atom. The zero-order valence-electron chi connectivity index (χ0n) is 15.4. The van der Waals surface area contributed by atoms with Crippen LogP contribution in [0.25, 0.3) is 10.9 Å². The lowest BCUT2D eigenvalue weighted by atomic mass is 10.1. The van der Waals surface area contributed by atoms with E-state index >= 15 is 0 Å². The van der Waals surface area contributed by atoms with E-state index in [1.807, 2.05) is 41.5 Å². The van der Waals surface area contributed by atoms with E-state index in [1.165, 1.54) is 4.68 Å². The Hall–Kier alpha value is -2.18. The number of rotatable bonds is 5. The molecule has 0 aliphatic rings. The van der Waals surface area contributed by atoms with E-state index in [9.17, 15) is 9.59 Å². The van der Waals surface area contributed by atoms with Crippen LogP contribution in [0.2, 0.25) is 0 Å². The van der Waals surface area contributed by atoms with Gasteiger partial charge in [0.25, 0.3) is 5.56 Å². The average molecular weight is 333 g/mol. The van der Waals surface area contributed by atoms with Crippen molar-refractivity contribution in [2.24, 2.45) is 0 Å². The monoisotopic (exact) mass is 333 g/mol. The number of carbonyl (C=O) groups is 1. The molecule has 0 aromatic carbocycles. The lowest BCUT2D eigenvalue weighted by Crippen LogP contribution is -2.36. The van der Waals surface area contributed by atoms with Crippen molar-refractivity contribution in [1.29, 1.82) is 0 Å². The fourth-order valence-corrected chi connectivity index (χ4v) is 2.59. The Morgan fingerprint density at radius 2 is 2.00 bits per heavy atom. The van der Waals surface area contributed by atoms with Gasteiger partial charge >= 0.3 is 0 Å². The first-order chi connectivity index (χ1) is 11.2. The number of hydrogen-bond acceptors (Lipinski definition) is 4. The summed E-state index contributed by atoms with van der Waals surface area (Å²) in [5.41, 5.74) is 0.667. The Balaban J connectivity index is 2.62. The molecular formula is C17H27N5O2. The predicted octanol–water partition coefficient (Wildman–Crippen LogP) is 2.00. The number of hydrogen-bond donors (Lipinski definition) is 1. The van der Waals surface area contributed by atoms with Crippen molar-refractivity contribution in [1.82, 2.24) is 24.9 Å². The molecule has 0 unspecified atom stereocenters. The SMILES string of the molecule is CCCNC(=O)Cn1nc(C(C)C)c2cnn(C(C)(C)C)c2c1=O. The second kappa shape index (κ2) is 6.75. The van der Waals surface area contributed by atoms with Crippen LogP contribution in [0.5, 0.6) is 0 Å². The van der Waals surface area contributed by atoms with E-state index in [0.29, 0.717) is 12.1 Å². The summed E-state index contributed by atoms with van der Waals surface area (Å²) in [5.74, 6) is -0.0852. The van der Waals surface area contributed by atoms with Crippen molar-refractivity contribution in [3.05, 3.63) is 22.2 Å². The summed E-state index contributed by atoms with van der Waals surface area (Å²) < 4.78 is 2.98. The van der Waals surface area contributed by atoms with E-state index < -0.39 is 0 Å². The van der Waals surface area contributed by atoms with Gasteiger partial charge in [0.2, 0.25) is 5.91 Å². The van der Waals surface area contributed by atoms with E-state index in [2.05, 4.69) is 15.5 Å². The summed E-state index contributed by atoms with van der Waals surface area (Å²) in [5, 5.41) is 12.4. The molecule has 0 bridgehead atoms. The lowest BCUT2D eigenvalue weighted by molar-refractivity contribution is -0.121. The number of carbonyl (C=O) groups excluding carboxylic acids is 1. The molecule has 1 N–H and O–H groups in total. The molecule has 0 spiro atoms. The Labute approximate surface area is 142 Å². The van der Waals surface area contributed by atoms with E-state index in [-0.39, 0.29) is 29.5 Å². The highest BCUT2D eigenvalue weighted by Crippen LogP contribution is 2.24. The molecule has 132 valence electrons. The van der Waals surface area contributed by atoms with Gasteiger partial charge in [0.1, 0.15) is 12.1 Å². The summed E-state index contributed by atoms with van der Waals surface area (Å²) in [6.07, 6.45) is 2.55. The molecule has 2 aromatic heterocycles. The molecule has 24 heavy (non-hydrogen) atoms. The molecule has 0 radical (unpaired) electrons. The fourth-order valence-electron chi connectivity index (χ4n) is 2.59. The van der Waals surface area contributed by atoms with Gasteiger partial charge in [0.15, 0.2) is 0 Å². The second-order valence-electron chi connectivity index (χ2n) is 7.34. The minimum atomic E-state index is -0.335. The van der Waals surface area contributed by atoms with E-state index in [4.69, 9.17) is 0 Å². The first-order valence-corrected chi connectivity index (χ1v) is 8.42. The van der Waals surface area contributed by atoms with Gasteiger partial charge in [-0.05, 0) is 33.1 Å². The van der Waals surface area contributed by atoms with Gasteiger partial charge in [-0.1, -0.05) is 20.8 Å². The van der Waals surface area contributed by atoms with Crippen molar-refractivity contribution < 1.29 is 4.79 Å². The third-order valence-corrected chi connectivity index (χ3v) is 3.76. The van der Waals surface area contributed by atoms with Crippen LogP contribution >= 0.6 is 0 Å². The number of nitrogens with zero attached hydrogens (tertiary/aromatic N) is 4. The molecule has 0 saturated carbocycles. The van der Waals surface area contributed by atoms with Crippen molar-refractivity contribution >= 4 is 16.8 Å². The van der Waals surface area contributed by atoms with Crippen LogP contribution in [0.15, 0.2) is 11.0 Å². The van der Waals surface area contributed by atoms with E-state index in [1.54, 1.807) is 10.9 Å². The lowest BCUT2D eigenvalue weighted by Gasteiger charge is -2.21. The van der Waals surface area contributed by atoms with Crippen molar-refractivity contribution in [2.75, 3.05) is 6.54 Å². The number of nitrogens with one attached hydrogen (secondary N) is 1. The third kappa shape index (κ3) is 3.49. The number of fused-ring (bicyclic) bond motifs is 1. The highest BCUT2D eigenvalue weighted by atomic mass is 16.2. The molecule has 1 amide bonds. The minimum absolute atomic E-state index is 0.0795. The van der Waals surface area contributed by atoms with Crippen LogP contribution < -0.4 is 10.9 Å². The van der Waals surface area contributed by atoms with Crippen molar-refractivity contribution in [3.8, 4) is 0 Å². The van der Waals surface area contributed by atoms with Crippen LogP contribution in [0.3, 0.4) is 0 Å². The Kier molecular flexibility index (Phi) is 5.11. The number of amides is 1. The van der Waals surface area contributed by atoms with E-state index in [0.717, 1.165) is 17.5 Å². The van der Waals surface area contributed by atoms with Crippen molar-refractivity contribution in [2.45, 2.75) is 66.0 Å². The maximum atomic E-state index is 12.9. The molecule has 0 fully saturated rings. The predicted molar refractivity (Wildman–Crippen MR) is 94.2 cm³/mol. The standard InChI is InChI=1S/C17H27N5O2/c1-7-8-18-13(23)10-21-16(24)15-12(14(20-21)11(2)3)9-19-22(15)17(4,5)6/h9,11H,7-8,10H2,1-6H3,(H,18,23). The maximum Gasteiger partial charge on any atom is 0.293 e. The molecule has 2 aromatic rings. The fraction of sp³-hybridized carbons (Fsp3) is 0.647. The van der Waals surface area contributed by atoms with Crippen LogP contribution in [-0.2, 0) is 16.9 Å². The van der Waals surface area contributed by atoms with Crippen LogP contribution in [0.4, 0.5) is 0 Å². The smallest absolute Gasteiger partial charge is 0.293 e. The molecule has 7 nitrogen and oxygen atoms in total. The molecule has 0 aliphatic carbocycles. The molecular weight excluding hydrogens is 306 g/mol. The highest BCUT2D eigenvalue weighted by Gasteiger charge is 2.24. The molecule has 7 heteroatoms. The first kappa shape index (κ1) is 18.2. The van der Waals surface area contributed by atoms with Crippen LogP contribution in [0, 0.1) is 0 Å². The highest BCUT2D eigenvalue weighted by molar-refractivity contribution is 5.81. The van der Waals surface area contributed by atoms with Gasteiger partial charge in [0.05, 0.1) is 17.4 Å². The first-order valence-electron chi connectivity index (χ1n) is 8.42. The van der Waals surface area contributed by atoms with Gasteiger partial charge in [-0.2, -0.15) is 10.2 Å². The summed E-state index contributed by atoms with van der Waals surface area (Å²) in [6.45, 7) is 12.5. The topological polar surface area (TPSA) is 81.8 Å². The van der Waals surface area contributed by atoms with Crippen LogP contribution in [0.1, 0.15) is 59.6 Å². The zero-order valence-corrected chi connectivity index (χ0v) is 15.4. The minimum Gasteiger partial charge on any atom is -0.355 e. The largest absolute Gasteiger partial charge is 0.355 e. The summed E-state index contributed by atoms with van der Waals surface area (Å²) in [7, 11) is 0. The zero-order chi connectivity index (χ0) is 18.1. The van der Waals surface area contributed by atoms with Gasteiger partial charge in [-0.25, -0.2) is 4.68 Å². The third-order valence-electron chi connectivity index (χ3n) is 3.76. The summed E-state index contributed by atoms with van der Waals surface area (Å²) in [4.78, 5) is 24.9. The average Bonchev–Trinajstić information content (AvgIpc) is 2.93. The van der Waals surface area contributed by atoms with Gasteiger partial charge in [-0.3, -0.25) is 14.3 Å². The Bertz CT molecular complexity index is 796. The molecule has 0 aliphatic heterocycles. The summed E-state index contributed by atoms with van der Waals surface area (Å²) in [6, 6.07) is 0. The second-order valence-corrected chi connectivity index (χ2v) is 7.34. The molecule has 2 rings (SSSR count). The molecule has 0 saturated heterocycles. The summed E-state index contributed by atoms with van der Waals surface area (Å²) >= 11 is 0. The molecule has 2 heterocycles. The number of aromatic nitrogens is 4. The quantitative estimate of drug-likeness (QED) is 0.907. The Morgan fingerprint density at radius 1 is 1.33 bits per heavy atom. The maximum absolute atomic E-state index is 12.9. The molecule has 0 atom stereocenters.